The molecule has 13 heteroatoms. The SMILES string of the molecule is C=C([Si](C)(C)CCC[Si](OC)(OC)OC)[Si](C)(C)CN(C)C[Si](C)(C)C(=C)[Si](C)(C)CCC[Si](OC)(OC)OC. The van der Waals surface area contributed by atoms with E-state index in [0.717, 1.165) is 37.3 Å². The number of nitrogens with zero attached hydrogens (tertiary/aromatic N) is 1. The maximum absolute atomic E-state index is 5.65. The van der Waals surface area contributed by atoms with Crippen LogP contribution in [0.25, 0.3) is 0 Å². The lowest BCUT2D eigenvalue weighted by Gasteiger charge is -2.42. The minimum Gasteiger partial charge on any atom is -0.377 e. The van der Waals surface area contributed by atoms with Gasteiger partial charge in [0.2, 0.25) is 0 Å². The van der Waals surface area contributed by atoms with E-state index in [1.54, 1.807) is 52.3 Å². The predicted octanol–water partition coefficient (Wildman–Crippen LogP) is 6.64. The Morgan fingerprint density at radius 1 is 0.475 bits per heavy atom. The van der Waals surface area contributed by atoms with E-state index in [9.17, 15) is 0 Å². The number of rotatable bonds is 22. The molecule has 0 aliphatic carbocycles. The monoisotopic (exact) mass is 667 g/mol. The second kappa shape index (κ2) is 16.5. The average Bonchev–Trinajstić information content (AvgIpc) is 2.88. The fourth-order valence-corrected chi connectivity index (χ4v) is 32.6. The predicted molar refractivity (Wildman–Crippen MR) is 188 cm³/mol. The molecule has 0 N–H and O–H groups in total. The van der Waals surface area contributed by atoms with Gasteiger partial charge in [0.15, 0.2) is 0 Å². The standard InChI is InChI=1S/C27H65NO6Si6/c1-26(35(10,11)20-18-22-39(29-4,30-5)31-6)37(14,15)24-28(3)25-38(16,17)27(2)36(12,13)21-19-23-40(32-7,33-8)34-9/h1-2,18-25H2,3-17H3. The minimum atomic E-state index is -2.52. The molecule has 40 heavy (non-hydrogen) atoms. The summed E-state index contributed by atoms with van der Waals surface area (Å²) in [6, 6.07) is 4.09. The van der Waals surface area contributed by atoms with E-state index >= 15 is 0 Å². The van der Waals surface area contributed by atoms with Gasteiger partial charge in [0.1, 0.15) is 0 Å². The molecule has 0 aliphatic rings. The Morgan fingerprint density at radius 2 is 0.725 bits per heavy atom. The van der Waals surface area contributed by atoms with Crippen molar-refractivity contribution in [3.63, 3.8) is 0 Å². The first-order chi connectivity index (χ1) is 18.2. The summed E-state index contributed by atoms with van der Waals surface area (Å²) in [7, 11) is 0.850. The van der Waals surface area contributed by atoms with Crippen LogP contribution < -0.4 is 0 Å². The quantitative estimate of drug-likeness (QED) is 0.120. The van der Waals surface area contributed by atoms with Crippen molar-refractivity contribution in [3.05, 3.63) is 22.8 Å². The lowest BCUT2D eigenvalue weighted by Crippen LogP contribution is -2.55. The van der Waals surface area contributed by atoms with Gasteiger partial charge in [-0.1, -0.05) is 86.9 Å². The van der Waals surface area contributed by atoms with Gasteiger partial charge in [-0.15, -0.1) is 13.2 Å². The summed E-state index contributed by atoms with van der Waals surface area (Å²) in [5.74, 6) is 0. The third-order valence-corrected chi connectivity index (χ3v) is 35.2. The summed E-state index contributed by atoms with van der Waals surface area (Å²) < 4.78 is 33.9. The first-order valence-corrected chi connectivity index (χ1v) is 31.3. The van der Waals surface area contributed by atoms with E-state index in [1.807, 2.05) is 0 Å². The van der Waals surface area contributed by atoms with Crippen molar-refractivity contribution < 1.29 is 26.6 Å². The highest BCUT2D eigenvalue weighted by molar-refractivity contribution is 7.06. The Hall–Kier alpha value is 0.501. The molecule has 238 valence electrons. The molecule has 0 bridgehead atoms. The maximum Gasteiger partial charge on any atom is 0.500 e. The Balaban J connectivity index is 5.26. The van der Waals surface area contributed by atoms with E-state index in [1.165, 1.54) is 12.1 Å². The molecule has 0 unspecified atom stereocenters. The van der Waals surface area contributed by atoms with E-state index in [-0.39, 0.29) is 0 Å². The zero-order valence-corrected chi connectivity index (χ0v) is 35.0. The van der Waals surface area contributed by atoms with E-state index in [4.69, 9.17) is 39.7 Å². The van der Waals surface area contributed by atoms with Crippen molar-refractivity contribution in [3.8, 4) is 0 Å². The summed E-state index contributed by atoms with van der Waals surface area (Å²) in [6.45, 7) is 29.5. The minimum absolute atomic E-state index is 0.856. The normalized spacial score (nSPS) is 14.2. The van der Waals surface area contributed by atoms with Gasteiger partial charge in [0.25, 0.3) is 0 Å². The van der Waals surface area contributed by atoms with Crippen LogP contribution in [0.2, 0.25) is 76.6 Å². The molecule has 0 saturated heterocycles. The summed E-state index contributed by atoms with van der Waals surface area (Å²) in [5, 5.41) is 0. The fourth-order valence-electron chi connectivity index (χ4n) is 6.34. The molecule has 0 aromatic rings. The van der Waals surface area contributed by atoms with Crippen molar-refractivity contribution in [1.82, 2.24) is 4.90 Å². The van der Waals surface area contributed by atoms with E-state index < -0.39 is 49.9 Å². The van der Waals surface area contributed by atoms with Crippen LogP contribution in [-0.4, -0.2) is 117 Å². The van der Waals surface area contributed by atoms with Crippen LogP contribution >= 0.6 is 0 Å². The lowest BCUT2D eigenvalue weighted by atomic mass is 10.6. The van der Waals surface area contributed by atoms with Gasteiger partial charge in [0.05, 0.1) is 32.3 Å². The molecule has 0 saturated carbocycles. The maximum atomic E-state index is 5.65. The molecule has 0 aromatic carbocycles. The first-order valence-electron chi connectivity index (χ1n) is 14.6. The molecule has 0 radical (unpaired) electrons. The smallest absolute Gasteiger partial charge is 0.377 e. The second-order valence-corrected chi connectivity index (χ2v) is 40.3. The topological polar surface area (TPSA) is 58.6 Å². The van der Waals surface area contributed by atoms with Crippen molar-refractivity contribution >= 4 is 49.9 Å². The van der Waals surface area contributed by atoms with E-state index in [0.29, 0.717) is 0 Å². The Labute approximate surface area is 254 Å². The highest BCUT2D eigenvalue weighted by Crippen LogP contribution is 2.33. The van der Waals surface area contributed by atoms with Gasteiger partial charge in [0, 0.05) is 54.7 Å². The molecule has 0 heterocycles. The van der Waals surface area contributed by atoms with Crippen LogP contribution in [-0.2, 0) is 26.6 Å². The fraction of sp³-hybridized carbons (Fsp3) is 0.852. The second-order valence-electron chi connectivity index (χ2n) is 14.0. The Morgan fingerprint density at radius 3 is 0.950 bits per heavy atom. The van der Waals surface area contributed by atoms with Crippen LogP contribution in [0.4, 0.5) is 0 Å². The molecule has 0 atom stereocenters. The third kappa shape index (κ3) is 11.5. The van der Waals surface area contributed by atoms with Crippen molar-refractivity contribution in [1.29, 1.82) is 0 Å². The van der Waals surface area contributed by atoms with Crippen LogP contribution in [0.3, 0.4) is 0 Å². The van der Waals surface area contributed by atoms with Crippen LogP contribution in [0, 0.1) is 0 Å². The van der Waals surface area contributed by atoms with Crippen molar-refractivity contribution in [2.24, 2.45) is 0 Å². The number of hydrogen-bond donors (Lipinski definition) is 0. The zero-order valence-electron chi connectivity index (χ0n) is 29.0. The third-order valence-electron chi connectivity index (χ3n) is 9.03. The molecule has 0 fully saturated rings. The van der Waals surface area contributed by atoms with Gasteiger partial charge < -0.3 is 31.5 Å². The zero-order chi connectivity index (χ0) is 31.6. The summed E-state index contributed by atoms with van der Waals surface area (Å²) in [6.07, 6.45) is 4.40. The molecule has 0 rings (SSSR count). The summed E-state index contributed by atoms with van der Waals surface area (Å²) >= 11 is 0. The first kappa shape index (κ1) is 40.5. The van der Waals surface area contributed by atoms with Gasteiger partial charge in [-0.3, -0.25) is 0 Å². The van der Waals surface area contributed by atoms with Crippen LogP contribution in [0.1, 0.15) is 12.8 Å². The Kier molecular flexibility index (Phi) is 16.7. The molecular weight excluding hydrogens is 603 g/mol. The average molecular weight is 668 g/mol. The summed E-state index contributed by atoms with van der Waals surface area (Å²) in [4.78, 5) is 5.75. The molecule has 0 aromatic heterocycles. The molecule has 0 spiro atoms. The largest absolute Gasteiger partial charge is 0.500 e. The van der Waals surface area contributed by atoms with Gasteiger partial charge >= 0.3 is 17.6 Å². The molecule has 0 aliphatic heterocycles. The highest BCUT2D eigenvalue weighted by Gasteiger charge is 2.43. The van der Waals surface area contributed by atoms with Gasteiger partial charge in [-0.2, -0.15) is 0 Å². The Bertz CT molecular complexity index is 720. The molecular formula is C27H65NO6Si6. The van der Waals surface area contributed by atoms with Crippen molar-refractivity contribution in [2.75, 3.05) is 62.0 Å². The van der Waals surface area contributed by atoms with Crippen molar-refractivity contribution in [2.45, 2.75) is 89.4 Å². The van der Waals surface area contributed by atoms with Crippen LogP contribution in [0.15, 0.2) is 22.8 Å². The number of hydrogen-bond acceptors (Lipinski definition) is 7. The van der Waals surface area contributed by atoms with Gasteiger partial charge in [-0.05, 0) is 19.4 Å². The van der Waals surface area contributed by atoms with E-state index in [2.05, 4.69) is 64.3 Å². The summed E-state index contributed by atoms with van der Waals surface area (Å²) in [5.41, 5.74) is 0. The van der Waals surface area contributed by atoms with Gasteiger partial charge in [-0.25, -0.2) is 0 Å². The molecule has 0 amide bonds. The lowest BCUT2D eigenvalue weighted by molar-refractivity contribution is 0.123. The highest BCUT2D eigenvalue weighted by atomic mass is 28.4. The van der Waals surface area contributed by atoms with Crippen LogP contribution in [0.5, 0.6) is 0 Å². The molecule has 7 nitrogen and oxygen atoms in total.